The van der Waals surface area contributed by atoms with Crippen LogP contribution in [0, 0.1) is 5.82 Å². The van der Waals surface area contributed by atoms with Gasteiger partial charge < -0.3 is 9.57 Å². The van der Waals surface area contributed by atoms with Crippen LogP contribution in [0.5, 0.6) is 5.75 Å². The van der Waals surface area contributed by atoms with Gasteiger partial charge >= 0.3 is 18.1 Å². The number of benzene rings is 2. The maximum absolute atomic E-state index is 15.4. The van der Waals surface area contributed by atoms with E-state index in [1.807, 2.05) is 0 Å². The Morgan fingerprint density at radius 2 is 1.57 bits per heavy atom. The van der Waals surface area contributed by atoms with E-state index in [2.05, 4.69) is 9.74 Å². The molecular formula is C27H26Cl2F4N2O6S. The Morgan fingerprint density at radius 1 is 0.952 bits per heavy atom. The molecule has 2 aromatic carbocycles. The summed E-state index contributed by atoms with van der Waals surface area (Å²) >= 11 is 12.1. The van der Waals surface area contributed by atoms with E-state index in [9.17, 15) is 31.2 Å². The summed E-state index contributed by atoms with van der Waals surface area (Å²) in [4.78, 5) is 30.7. The number of likely N-dealkylation sites (tertiary alicyclic amines) is 1. The number of halogens is 6. The van der Waals surface area contributed by atoms with Crippen molar-refractivity contribution in [2.75, 3.05) is 13.1 Å². The largest absolute Gasteiger partial charge is 0.493 e. The van der Waals surface area contributed by atoms with Crippen LogP contribution in [-0.4, -0.2) is 60.3 Å². The molecule has 2 aliphatic carbocycles. The molecule has 15 heteroatoms. The van der Waals surface area contributed by atoms with Crippen molar-refractivity contribution in [3.8, 4) is 5.75 Å². The van der Waals surface area contributed by atoms with Gasteiger partial charge in [0.15, 0.2) is 0 Å². The number of hydroxylamine groups is 1. The summed E-state index contributed by atoms with van der Waals surface area (Å²) in [6.45, 7) is 1.57. The zero-order valence-corrected chi connectivity index (χ0v) is 24.3. The number of ether oxygens (including phenoxy) is 1. The molecule has 1 amide bonds. The second kappa shape index (κ2) is 11.8. The van der Waals surface area contributed by atoms with Crippen molar-refractivity contribution in [1.29, 1.82) is 0 Å². The van der Waals surface area contributed by atoms with Crippen molar-refractivity contribution in [1.82, 2.24) is 9.37 Å². The molecule has 0 spiro atoms. The number of amides is 1. The molecule has 228 valence electrons. The minimum Gasteiger partial charge on any atom is -0.490 e. The number of rotatable bonds is 8. The van der Waals surface area contributed by atoms with Crippen LogP contribution in [0.1, 0.15) is 65.9 Å². The molecule has 5 rings (SSSR count). The fourth-order valence-electron chi connectivity index (χ4n) is 4.86. The third-order valence-electron chi connectivity index (χ3n) is 7.28. The van der Waals surface area contributed by atoms with E-state index < -0.39 is 49.2 Å². The van der Waals surface area contributed by atoms with Gasteiger partial charge in [0.2, 0.25) is 0 Å². The Labute approximate surface area is 249 Å². The van der Waals surface area contributed by atoms with Gasteiger partial charge in [-0.2, -0.15) is 13.2 Å². The molecule has 1 heterocycles. The van der Waals surface area contributed by atoms with Crippen LogP contribution in [0.2, 0.25) is 10.0 Å². The Bertz CT molecular complexity index is 1470. The molecule has 42 heavy (non-hydrogen) atoms. The molecule has 2 aromatic rings. The first kappa shape index (κ1) is 30.8. The quantitative estimate of drug-likeness (QED) is 0.255. The lowest BCUT2D eigenvalue weighted by molar-refractivity contribution is -0.217. The third-order valence-corrected chi connectivity index (χ3v) is 9.74. The van der Waals surface area contributed by atoms with Crippen molar-refractivity contribution in [3.63, 3.8) is 0 Å². The van der Waals surface area contributed by atoms with Gasteiger partial charge in [0.25, 0.3) is 10.0 Å². The van der Waals surface area contributed by atoms with Gasteiger partial charge in [0.1, 0.15) is 17.7 Å². The van der Waals surface area contributed by atoms with E-state index in [-0.39, 0.29) is 24.9 Å². The molecule has 0 aromatic heterocycles. The van der Waals surface area contributed by atoms with E-state index in [0.717, 1.165) is 18.9 Å². The first-order chi connectivity index (χ1) is 19.7. The predicted molar refractivity (Wildman–Crippen MR) is 144 cm³/mol. The van der Waals surface area contributed by atoms with Crippen LogP contribution in [0.15, 0.2) is 30.3 Å². The van der Waals surface area contributed by atoms with Gasteiger partial charge in [-0.1, -0.05) is 27.7 Å². The Morgan fingerprint density at radius 3 is 2.12 bits per heavy atom. The molecule has 0 unspecified atom stereocenters. The maximum atomic E-state index is 15.4. The van der Waals surface area contributed by atoms with Crippen LogP contribution in [-0.2, 0) is 26.2 Å². The number of alkyl halides is 3. The lowest BCUT2D eigenvalue weighted by Gasteiger charge is -2.32. The SMILES string of the molecule is O=C(c1cc(C2CC2)c(CN2CCC(Oc3cc(Cl)cc(Cl)c3)CC2)cc1F)N(OC(=O)C(F)(F)F)S(=O)(=O)C1CC1. The van der Waals surface area contributed by atoms with Crippen molar-refractivity contribution < 1.29 is 45.1 Å². The Kier molecular flexibility index (Phi) is 8.68. The predicted octanol–water partition coefficient (Wildman–Crippen LogP) is 6.01. The monoisotopic (exact) mass is 652 g/mol. The van der Waals surface area contributed by atoms with Crippen LogP contribution >= 0.6 is 23.2 Å². The zero-order valence-electron chi connectivity index (χ0n) is 22.0. The second-order valence-electron chi connectivity index (χ2n) is 10.7. The number of hydrogen-bond donors (Lipinski definition) is 0. The van der Waals surface area contributed by atoms with E-state index in [1.54, 1.807) is 18.2 Å². The highest BCUT2D eigenvalue weighted by atomic mass is 35.5. The van der Waals surface area contributed by atoms with Gasteiger partial charge in [-0.25, -0.2) is 17.6 Å². The van der Waals surface area contributed by atoms with E-state index in [1.165, 1.54) is 6.07 Å². The first-order valence-electron chi connectivity index (χ1n) is 13.3. The number of carbonyl (C=O) groups is 2. The summed E-state index contributed by atoms with van der Waals surface area (Å²) in [5.41, 5.74) is 0.390. The summed E-state index contributed by atoms with van der Waals surface area (Å²) < 4.78 is 84.8. The molecule has 0 atom stereocenters. The normalized spacial score (nSPS) is 18.5. The lowest BCUT2D eigenvalue weighted by Crippen LogP contribution is -2.44. The van der Waals surface area contributed by atoms with E-state index in [0.29, 0.717) is 59.4 Å². The Balaban J connectivity index is 1.32. The standard InChI is InChI=1S/C27H26Cl2F4N2O6S/c28-17-10-18(29)12-20(11-17)40-19-5-7-34(8-6-19)14-16-9-24(30)23(13-22(16)15-1-2-15)25(36)35(41-26(37)27(31,32)33)42(38,39)21-3-4-21/h9-13,15,19,21H,1-8,14H2. The van der Waals surface area contributed by atoms with Crippen molar-refractivity contribution in [3.05, 3.63) is 62.9 Å². The number of carbonyl (C=O) groups excluding carboxylic acids is 2. The summed E-state index contributed by atoms with van der Waals surface area (Å²) in [5.74, 6) is -5.18. The third kappa shape index (κ3) is 7.12. The number of piperidine rings is 1. The maximum Gasteiger partial charge on any atom is 0.493 e. The number of nitrogens with zero attached hydrogens (tertiary/aromatic N) is 2. The fraction of sp³-hybridized carbons (Fsp3) is 0.481. The molecule has 1 aliphatic heterocycles. The topological polar surface area (TPSA) is 93.2 Å². The summed E-state index contributed by atoms with van der Waals surface area (Å²) in [7, 11) is -4.79. The summed E-state index contributed by atoms with van der Waals surface area (Å²) in [6, 6.07) is 7.22. The van der Waals surface area contributed by atoms with E-state index >= 15 is 4.39 Å². The van der Waals surface area contributed by atoms with Gasteiger partial charge in [0, 0.05) is 29.7 Å². The average Bonchev–Trinajstić information content (AvgIpc) is 3.80. The second-order valence-corrected chi connectivity index (χ2v) is 13.6. The van der Waals surface area contributed by atoms with Gasteiger partial charge in [-0.15, -0.1) is 0 Å². The van der Waals surface area contributed by atoms with Crippen LogP contribution in [0.3, 0.4) is 0 Å². The molecular weight excluding hydrogens is 627 g/mol. The van der Waals surface area contributed by atoms with Gasteiger partial charge in [-0.3, -0.25) is 9.69 Å². The molecule has 0 bridgehead atoms. The van der Waals surface area contributed by atoms with Crippen molar-refractivity contribution in [2.24, 2.45) is 0 Å². The minimum absolute atomic E-state index is 0.0215. The van der Waals surface area contributed by atoms with Crippen LogP contribution in [0.25, 0.3) is 0 Å². The summed E-state index contributed by atoms with van der Waals surface area (Å²) in [5, 5.41) is -0.285. The molecule has 3 aliphatic rings. The molecule has 8 nitrogen and oxygen atoms in total. The average molecular weight is 653 g/mol. The van der Waals surface area contributed by atoms with Crippen LogP contribution in [0.4, 0.5) is 17.6 Å². The first-order valence-corrected chi connectivity index (χ1v) is 15.5. The highest BCUT2D eigenvalue weighted by Crippen LogP contribution is 2.43. The van der Waals surface area contributed by atoms with Gasteiger partial charge in [0.05, 0.1) is 10.8 Å². The van der Waals surface area contributed by atoms with Crippen LogP contribution < -0.4 is 4.74 Å². The molecule has 3 fully saturated rings. The lowest BCUT2D eigenvalue weighted by atomic mass is 9.97. The van der Waals surface area contributed by atoms with Crippen molar-refractivity contribution >= 4 is 45.1 Å². The fourth-order valence-corrected chi connectivity index (χ4v) is 6.87. The molecule has 0 N–H and O–H groups in total. The van der Waals surface area contributed by atoms with Gasteiger partial charge in [-0.05, 0) is 85.9 Å². The molecule has 2 saturated carbocycles. The minimum atomic E-state index is -5.57. The molecule has 1 saturated heterocycles. The summed E-state index contributed by atoms with van der Waals surface area (Å²) in [6.07, 6.45) is -2.69. The van der Waals surface area contributed by atoms with E-state index in [4.69, 9.17) is 27.9 Å². The van der Waals surface area contributed by atoms with Crippen molar-refractivity contribution in [2.45, 2.75) is 68.5 Å². The zero-order chi connectivity index (χ0) is 30.4. The smallest absolute Gasteiger partial charge is 0.490 e. The highest BCUT2D eigenvalue weighted by Gasteiger charge is 2.50. The highest BCUT2D eigenvalue weighted by molar-refractivity contribution is 7.90. The number of hydrogen-bond acceptors (Lipinski definition) is 7. The Hall–Kier alpha value is -2.61. The molecule has 0 radical (unpaired) electrons. The number of sulfonamides is 1.